The molecule has 86 valence electrons. The van der Waals surface area contributed by atoms with Gasteiger partial charge in [0.05, 0.1) is 17.6 Å². The first kappa shape index (κ1) is 11.2. The van der Waals surface area contributed by atoms with Crippen LogP contribution in [0.4, 0.5) is 0 Å². The second-order valence-corrected chi connectivity index (χ2v) is 3.68. The average molecular weight is 227 g/mol. The Bertz CT molecular complexity index is 532. The molecule has 2 N–H and O–H groups in total. The number of imidazole rings is 1. The van der Waals surface area contributed by atoms with Crippen molar-refractivity contribution in [2.24, 2.45) is 0 Å². The van der Waals surface area contributed by atoms with Crippen LogP contribution in [-0.4, -0.2) is 22.4 Å². The Kier molecular flexibility index (Phi) is 3.41. The van der Waals surface area contributed by atoms with Gasteiger partial charge >= 0.3 is 0 Å². The fourth-order valence-electron chi connectivity index (χ4n) is 1.59. The third-order valence-electron chi connectivity index (χ3n) is 2.41. The summed E-state index contributed by atoms with van der Waals surface area (Å²) in [5.74, 6) is 3.13. The first-order valence-electron chi connectivity index (χ1n) is 5.43. The lowest BCUT2D eigenvalue weighted by molar-refractivity contribution is -0.120. The highest BCUT2D eigenvalue weighted by atomic mass is 16.1. The normalized spacial score (nSPS) is 10.1. The molecule has 0 unspecified atom stereocenters. The van der Waals surface area contributed by atoms with Gasteiger partial charge < -0.3 is 10.3 Å². The number of benzene rings is 1. The Hall–Kier alpha value is -2.28. The number of aromatic amines is 1. The summed E-state index contributed by atoms with van der Waals surface area (Å²) < 4.78 is 0. The monoisotopic (exact) mass is 227 g/mol. The van der Waals surface area contributed by atoms with Crippen molar-refractivity contribution in [3.63, 3.8) is 0 Å². The molecule has 0 aliphatic heterocycles. The number of fused-ring (bicyclic) bond motifs is 1. The van der Waals surface area contributed by atoms with Crippen molar-refractivity contribution in [1.29, 1.82) is 0 Å². The Morgan fingerprint density at radius 2 is 2.29 bits per heavy atom. The molecule has 2 rings (SSSR count). The molecule has 0 saturated carbocycles. The molecular formula is C13H13N3O. The molecule has 0 radical (unpaired) electrons. The van der Waals surface area contributed by atoms with Crippen LogP contribution in [-0.2, 0) is 11.2 Å². The zero-order valence-corrected chi connectivity index (χ0v) is 9.36. The number of rotatable bonds is 4. The van der Waals surface area contributed by atoms with Crippen molar-refractivity contribution in [2.75, 3.05) is 6.54 Å². The second-order valence-electron chi connectivity index (χ2n) is 3.68. The van der Waals surface area contributed by atoms with Gasteiger partial charge in [0.1, 0.15) is 5.82 Å². The third-order valence-corrected chi connectivity index (χ3v) is 2.41. The quantitative estimate of drug-likeness (QED) is 0.772. The maximum Gasteiger partial charge on any atom is 0.221 e. The van der Waals surface area contributed by atoms with Crippen molar-refractivity contribution in [1.82, 2.24) is 15.3 Å². The lowest BCUT2D eigenvalue weighted by Crippen LogP contribution is -2.23. The number of nitrogens with zero attached hydrogens (tertiary/aromatic N) is 1. The summed E-state index contributed by atoms with van der Waals surface area (Å²) in [6.45, 7) is 0.277. The zero-order chi connectivity index (χ0) is 12.1. The number of nitrogens with one attached hydrogen (secondary N) is 2. The number of hydrogen-bond donors (Lipinski definition) is 2. The van der Waals surface area contributed by atoms with E-state index in [-0.39, 0.29) is 12.5 Å². The molecule has 0 fully saturated rings. The number of para-hydroxylation sites is 2. The van der Waals surface area contributed by atoms with E-state index in [0.717, 1.165) is 16.9 Å². The van der Waals surface area contributed by atoms with Crippen molar-refractivity contribution in [3.8, 4) is 12.3 Å². The molecule has 1 aromatic carbocycles. The van der Waals surface area contributed by atoms with E-state index in [0.29, 0.717) is 12.8 Å². The molecule has 2 aromatic rings. The van der Waals surface area contributed by atoms with Crippen molar-refractivity contribution in [3.05, 3.63) is 30.1 Å². The smallest absolute Gasteiger partial charge is 0.221 e. The first-order valence-corrected chi connectivity index (χ1v) is 5.43. The van der Waals surface area contributed by atoms with E-state index in [2.05, 4.69) is 21.2 Å². The van der Waals surface area contributed by atoms with Crippen molar-refractivity contribution < 1.29 is 4.79 Å². The van der Waals surface area contributed by atoms with Crippen LogP contribution in [0.25, 0.3) is 11.0 Å². The molecule has 4 nitrogen and oxygen atoms in total. The van der Waals surface area contributed by atoms with Gasteiger partial charge in [-0.1, -0.05) is 18.1 Å². The number of carbonyl (C=O) groups is 1. The van der Waals surface area contributed by atoms with Gasteiger partial charge in [-0.05, 0) is 12.1 Å². The van der Waals surface area contributed by atoms with Crippen LogP contribution in [0.1, 0.15) is 12.2 Å². The Morgan fingerprint density at radius 1 is 1.47 bits per heavy atom. The molecule has 0 bridgehead atoms. The SMILES string of the molecule is C#CCNC(=O)CCc1nc2ccccc2[nH]1. The minimum absolute atomic E-state index is 0.0524. The largest absolute Gasteiger partial charge is 0.345 e. The standard InChI is InChI=1S/C13H13N3O/c1-2-9-14-13(17)8-7-12-15-10-5-3-4-6-11(10)16-12/h1,3-6H,7-9H2,(H,14,17)(H,15,16). The van der Waals surface area contributed by atoms with Crippen LogP contribution >= 0.6 is 0 Å². The van der Waals surface area contributed by atoms with Crippen LogP contribution < -0.4 is 5.32 Å². The van der Waals surface area contributed by atoms with Crippen molar-refractivity contribution in [2.45, 2.75) is 12.8 Å². The van der Waals surface area contributed by atoms with E-state index < -0.39 is 0 Å². The predicted molar refractivity (Wildman–Crippen MR) is 66.3 cm³/mol. The molecule has 0 aliphatic carbocycles. The van der Waals surface area contributed by atoms with Crippen LogP contribution in [0, 0.1) is 12.3 Å². The Labute approximate surface area is 99.4 Å². The van der Waals surface area contributed by atoms with Gasteiger partial charge in [-0.2, -0.15) is 0 Å². The number of aryl methyl sites for hydroxylation is 1. The van der Waals surface area contributed by atoms with E-state index in [4.69, 9.17) is 6.42 Å². The van der Waals surface area contributed by atoms with Gasteiger partial charge in [0.15, 0.2) is 0 Å². The highest BCUT2D eigenvalue weighted by molar-refractivity contribution is 5.77. The molecule has 0 aliphatic rings. The van der Waals surface area contributed by atoms with Crippen LogP contribution in [0.5, 0.6) is 0 Å². The summed E-state index contributed by atoms with van der Waals surface area (Å²) in [5.41, 5.74) is 1.91. The summed E-state index contributed by atoms with van der Waals surface area (Å²) >= 11 is 0. The topological polar surface area (TPSA) is 57.8 Å². The van der Waals surface area contributed by atoms with Crippen LogP contribution in [0.3, 0.4) is 0 Å². The molecule has 0 atom stereocenters. The summed E-state index contributed by atoms with van der Waals surface area (Å²) in [4.78, 5) is 18.9. The molecule has 0 spiro atoms. The van der Waals surface area contributed by atoms with Crippen LogP contribution in [0.2, 0.25) is 0 Å². The van der Waals surface area contributed by atoms with Gasteiger partial charge in [0.2, 0.25) is 5.91 Å². The van der Waals surface area contributed by atoms with E-state index in [1.807, 2.05) is 24.3 Å². The second kappa shape index (κ2) is 5.17. The molecule has 0 saturated heterocycles. The predicted octanol–water partition coefficient (Wildman–Crippen LogP) is 1.24. The summed E-state index contributed by atoms with van der Waals surface area (Å²) in [5, 5.41) is 2.62. The molecule has 1 aromatic heterocycles. The number of hydrogen-bond acceptors (Lipinski definition) is 2. The van der Waals surface area contributed by atoms with Gasteiger partial charge in [-0.25, -0.2) is 4.98 Å². The number of aromatic nitrogens is 2. The molecule has 1 heterocycles. The highest BCUT2D eigenvalue weighted by Crippen LogP contribution is 2.11. The van der Waals surface area contributed by atoms with Gasteiger partial charge in [-0.15, -0.1) is 6.42 Å². The Balaban J connectivity index is 1.95. The Morgan fingerprint density at radius 3 is 3.06 bits per heavy atom. The van der Waals surface area contributed by atoms with Gasteiger partial charge in [0, 0.05) is 12.8 Å². The fourth-order valence-corrected chi connectivity index (χ4v) is 1.59. The fraction of sp³-hybridized carbons (Fsp3) is 0.231. The summed E-state index contributed by atoms with van der Waals surface area (Å²) in [7, 11) is 0. The van der Waals surface area contributed by atoms with Crippen molar-refractivity contribution >= 4 is 16.9 Å². The average Bonchev–Trinajstić information content (AvgIpc) is 2.76. The van der Waals surface area contributed by atoms with Crippen LogP contribution in [0.15, 0.2) is 24.3 Å². The van der Waals surface area contributed by atoms with E-state index in [1.54, 1.807) is 0 Å². The first-order chi connectivity index (χ1) is 8.29. The van der Waals surface area contributed by atoms with E-state index in [1.165, 1.54) is 0 Å². The minimum Gasteiger partial charge on any atom is -0.345 e. The third kappa shape index (κ3) is 2.85. The van der Waals surface area contributed by atoms with E-state index >= 15 is 0 Å². The lowest BCUT2D eigenvalue weighted by atomic mass is 10.3. The molecule has 4 heteroatoms. The molecule has 1 amide bonds. The summed E-state index contributed by atoms with van der Waals surface area (Å²) in [6, 6.07) is 7.79. The van der Waals surface area contributed by atoms with E-state index in [9.17, 15) is 4.79 Å². The minimum atomic E-state index is -0.0524. The lowest BCUT2D eigenvalue weighted by Gasteiger charge is -1.98. The highest BCUT2D eigenvalue weighted by Gasteiger charge is 2.05. The van der Waals surface area contributed by atoms with Gasteiger partial charge in [0.25, 0.3) is 0 Å². The maximum atomic E-state index is 11.3. The maximum absolute atomic E-state index is 11.3. The number of H-pyrrole nitrogens is 1. The molecule has 17 heavy (non-hydrogen) atoms. The number of amides is 1. The molecular weight excluding hydrogens is 214 g/mol. The number of carbonyl (C=O) groups excluding carboxylic acids is 1. The zero-order valence-electron chi connectivity index (χ0n) is 9.36. The number of terminal acetylenes is 1. The van der Waals surface area contributed by atoms with Gasteiger partial charge in [-0.3, -0.25) is 4.79 Å². The summed E-state index contributed by atoms with van der Waals surface area (Å²) in [6.07, 6.45) is 6.03.